The number of nitrogens with zero attached hydrogens (tertiary/aromatic N) is 3. The number of H-pyrrole nitrogens is 1. The molecular formula is C20H18N4O3S. The van der Waals surface area contributed by atoms with E-state index >= 15 is 0 Å². The van der Waals surface area contributed by atoms with Gasteiger partial charge in [0.1, 0.15) is 0 Å². The molecule has 4 aromatic rings. The molecule has 0 aliphatic carbocycles. The van der Waals surface area contributed by atoms with Crippen molar-refractivity contribution in [1.82, 2.24) is 19.7 Å². The molecule has 0 aliphatic rings. The molecule has 0 amide bonds. The molecule has 0 saturated carbocycles. The molecule has 0 unspecified atom stereocenters. The van der Waals surface area contributed by atoms with E-state index in [9.17, 15) is 9.59 Å². The fourth-order valence-electron chi connectivity index (χ4n) is 2.92. The molecule has 1 aromatic carbocycles. The Hall–Kier alpha value is -3.26. The molecule has 0 bridgehead atoms. The molecular weight excluding hydrogens is 376 g/mol. The second kappa shape index (κ2) is 7.40. The number of fused-ring (bicyclic) bond motifs is 1. The van der Waals surface area contributed by atoms with Crippen molar-refractivity contribution in [1.29, 1.82) is 0 Å². The Morgan fingerprint density at radius 2 is 2.11 bits per heavy atom. The molecule has 0 saturated heterocycles. The summed E-state index contributed by atoms with van der Waals surface area (Å²) in [5.41, 5.74) is 0.733. The average Bonchev–Trinajstić information content (AvgIpc) is 3.34. The van der Waals surface area contributed by atoms with E-state index < -0.39 is 11.1 Å². The van der Waals surface area contributed by atoms with Gasteiger partial charge in [-0.2, -0.15) is 4.98 Å². The van der Waals surface area contributed by atoms with Crippen molar-refractivity contribution in [2.75, 3.05) is 0 Å². The first-order valence-electron chi connectivity index (χ1n) is 8.84. The number of hydrogen-bond acceptors (Lipinski definition) is 6. The maximum Gasteiger partial charge on any atom is 0.316 e. The summed E-state index contributed by atoms with van der Waals surface area (Å²) < 4.78 is 6.79. The summed E-state index contributed by atoms with van der Waals surface area (Å²) in [4.78, 5) is 32.4. The lowest BCUT2D eigenvalue weighted by atomic mass is 10.1. The van der Waals surface area contributed by atoms with Crippen molar-refractivity contribution in [2.24, 2.45) is 5.92 Å². The minimum absolute atomic E-state index is 0.234. The maximum atomic E-state index is 12.2. The van der Waals surface area contributed by atoms with Crippen LogP contribution in [0.5, 0.6) is 0 Å². The molecule has 0 radical (unpaired) electrons. The fourth-order valence-corrected chi connectivity index (χ4v) is 3.54. The highest BCUT2D eigenvalue weighted by Gasteiger charge is 2.12. The molecule has 8 heteroatoms. The van der Waals surface area contributed by atoms with Crippen molar-refractivity contribution < 1.29 is 4.52 Å². The van der Waals surface area contributed by atoms with E-state index in [-0.39, 0.29) is 5.92 Å². The van der Waals surface area contributed by atoms with Gasteiger partial charge in [-0.3, -0.25) is 9.59 Å². The molecule has 0 spiro atoms. The molecule has 28 heavy (non-hydrogen) atoms. The molecule has 3 heterocycles. The van der Waals surface area contributed by atoms with E-state index in [0.717, 1.165) is 4.88 Å². The zero-order valence-corrected chi connectivity index (χ0v) is 16.2. The van der Waals surface area contributed by atoms with E-state index in [4.69, 9.17) is 4.52 Å². The topological polar surface area (TPSA) is 93.8 Å². The highest BCUT2D eigenvalue weighted by atomic mass is 32.1. The third kappa shape index (κ3) is 3.59. The van der Waals surface area contributed by atoms with Gasteiger partial charge < -0.3 is 14.1 Å². The van der Waals surface area contributed by atoms with Crippen LogP contribution >= 0.6 is 11.3 Å². The van der Waals surface area contributed by atoms with Crippen molar-refractivity contribution in [3.8, 4) is 11.4 Å². The summed E-state index contributed by atoms with van der Waals surface area (Å²) in [6, 6.07) is 9.33. The summed E-state index contributed by atoms with van der Waals surface area (Å²) in [5.74, 6) is 1.04. The van der Waals surface area contributed by atoms with E-state index in [1.165, 1.54) is 4.57 Å². The molecule has 4 rings (SSSR count). The quantitative estimate of drug-likeness (QED) is 0.522. The van der Waals surface area contributed by atoms with Crippen LogP contribution in [0.1, 0.15) is 24.6 Å². The highest BCUT2D eigenvalue weighted by molar-refractivity contribution is 7.10. The number of hydrogen-bond donors (Lipinski definition) is 1. The van der Waals surface area contributed by atoms with Crippen LogP contribution in [-0.4, -0.2) is 19.7 Å². The second-order valence-corrected chi connectivity index (χ2v) is 7.78. The van der Waals surface area contributed by atoms with E-state index in [1.54, 1.807) is 29.5 Å². The summed E-state index contributed by atoms with van der Waals surface area (Å²) in [6.45, 7) is 4.47. The molecule has 0 aliphatic heterocycles. The van der Waals surface area contributed by atoms with Gasteiger partial charge in [-0.05, 0) is 41.6 Å². The van der Waals surface area contributed by atoms with Crippen LogP contribution in [0.2, 0.25) is 0 Å². The van der Waals surface area contributed by atoms with Gasteiger partial charge in [0.05, 0.1) is 11.0 Å². The number of nitrogens with one attached hydrogen (secondary N) is 1. The Balaban J connectivity index is 1.71. The fraction of sp³-hybridized carbons (Fsp3) is 0.200. The van der Waals surface area contributed by atoms with Crippen LogP contribution in [0, 0.1) is 5.92 Å². The summed E-state index contributed by atoms with van der Waals surface area (Å²) >= 11 is 1.62. The lowest BCUT2D eigenvalue weighted by Crippen LogP contribution is -2.37. The van der Waals surface area contributed by atoms with Gasteiger partial charge in [-0.15, -0.1) is 11.3 Å². The molecule has 7 nitrogen and oxygen atoms in total. The van der Waals surface area contributed by atoms with Crippen LogP contribution in [0.15, 0.2) is 49.8 Å². The summed E-state index contributed by atoms with van der Waals surface area (Å²) in [6.07, 6.45) is 3.66. The third-order valence-corrected chi connectivity index (χ3v) is 4.99. The third-order valence-electron chi connectivity index (χ3n) is 4.16. The van der Waals surface area contributed by atoms with Crippen molar-refractivity contribution >= 4 is 34.5 Å². The van der Waals surface area contributed by atoms with Gasteiger partial charge in [-0.1, -0.05) is 25.1 Å². The molecule has 0 atom stereocenters. The molecule has 1 N–H and O–H groups in total. The smallest absolute Gasteiger partial charge is 0.316 e. The predicted molar refractivity (Wildman–Crippen MR) is 110 cm³/mol. The van der Waals surface area contributed by atoms with Gasteiger partial charge in [0.2, 0.25) is 5.82 Å². The Labute approximate surface area is 164 Å². The number of thiophene rings is 1. The van der Waals surface area contributed by atoms with Gasteiger partial charge in [0, 0.05) is 23.1 Å². The van der Waals surface area contributed by atoms with Crippen LogP contribution in [0.3, 0.4) is 0 Å². The molecule has 0 fully saturated rings. The van der Waals surface area contributed by atoms with Gasteiger partial charge >= 0.3 is 11.1 Å². The van der Waals surface area contributed by atoms with Crippen LogP contribution in [-0.2, 0) is 6.54 Å². The Morgan fingerprint density at radius 1 is 1.25 bits per heavy atom. The number of benzene rings is 1. The highest BCUT2D eigenvalue weighted by Crippen LogP contribution is 2.21. The van der Waals surface area contributed by atoms with E-state index in [0.29, 0.717) is 34.9 Å². The average molecular weight is 394 g/mol. The van der Waals surface area contributed by atoms with E-state index in [2.05, 4.69) is 15.1 Å². The van der Waals surface area contributed by atoms with Gasteiger partial charge in [-0.25, -0.2) is 0 Å². The standard InChI is InChI=1S/C20H18N4O3S/c1-12(2)11-24-16-7-5-13(10-15(16)21-19(25)20(24)26)18-22-17(27-23-18)8-6-14-4-3-9-28-14/h3-10,12H,11H2,1-2H3,(H,21,25). The summed E-state index contributed by atoms with van der Waals surface area (Å²) in [5, 5.41) is 6.00. The Morgan fingerprint density at radius 3 is 2.86 bits per heavy atom. The van der Waals surface area contributed by atoms with Crippen molar-refractivity contribution in [3.63, 3.8) is 0 Å². The summed E-state index contributed by atoms with van der Waals surface area (Å²) in [7, 11) is 0. The van der Waals surface area contributed by atoms with Gasteiger partial charge in [0.15, 0.2) is 0 Å². The van der Waals surface area contributed by atoms with Crippen molar-refractivity contribution in [3.05, 3.63) is 67.2 Å². The number of aromatic amines is 1. The first-order chi connectivity index (χ1) is 13.5. The monoisotopic (exact) mass is 394 g/mol. The maximum absolute atomic E-state index is 12.2. The van der Waals surface area contributed by atoms with Crippen LogP contribution < -0.4 is 11.1 Å². The van der Waals surface area contributed by atoms with Crippen LogP contribution in [0.4, 0.5) is 0 Å². The minimum Gasteiger partial charge on any atom is -0.334 e. The lowest BCUT2D eigenvalue weighted by molar-refractivity contribution is 0.411. The van der Waals surface area contributed by atoms with Crippen molar-refractivity contribution in [2.45, 2.75) is 20.4 Å². The molecule has 142 valence electrons. The van der Waals surface area contributed by atoms with Gasteiger partial charge in [0.25, 0.3) is 5.89 Å². The Kier molecular flexibility index (Phi) is 4.79. The second-order valence-electron chi connectivity index (χ2n) is 6.80. The first kappa shape index (κ1) is 18.1. The first-order valence-corrected chi connectivity index (χ1v) is 9.72. The minimum atomic E-state index is -0.641. The zero-order chi connectivity index (χ0) is 19.7. The number of rotatable bonds is 5. The Bertz CT molecular complexity index is 1260. The SMILES string of the molecule is CC(C)Cn1c(=O)c(=O)[nH]c2cc(-c3noc(C=Cc4cccs4)n3)ccc21. The predicted octanol–water partition coefficient (Wildman–Crippen LogP) is 3.63. The zero-order valence-electron chi connectivity index (χ0n) is 15.4. The normalized spacial score (nSPS) is 11.8. The van der Waals surface area contributed by atoms with E-state index in [1.807, 2.05) is 43.5 Å². The molecule has 3 aromatic heterocycles. The van der Waals surface area contributed by atoms with Crippen LogP contribution in [0.25, 0.3) is 34.6 Å². The largest absolute Gasteiger partial charge is 0.334 e. The lowest BCUT2D eigenvalue weighted by Gasteiger charge is -2.12. The number of aromatic nitrogens is 4.